The number of hydrogen-bond donors (Lipinski definition) is 2. The van der Waals surface area contributed by atoms with Crippen molar-refractivity contribution >= 4 is 122 Å². The molecule has 3 heterocycles. The molecule has 0 bridgehead atoms. The molecule has 0 aliphatic heterocycles. The lowest BCUT2D eigenvalue weighted by molar-refractivity contribution is -0.125. The van der Waals surface area contributed by atoms with Gasteiger partial charge in [0, 0.05) is 111 Å². The van der Waals surface area contributed by atoms with E-state index in [0.717, 1.165) is 22.9 Å². The number of ketones is 6. The molecule has 0 aliphatic rings. The number of carbonyl (C=O) groups is 9. The van der Waals surface area contributed by atoms with Crippen molar-refractivity contribution in [1.29, 1.82) is 0 Å². The fourth-order valence-corrected chi connectivity index (χ4v) is 14.7. The van der Waals surface area contributed by atoms with Crippen LogP contribution in [0.4, 0.5) is 0 Å². The monoisotopic (exact) mass is 1930 g/mol. The number of Topliss-reactive ketones (excluding diaryl/α,β-unsaturated/α-hetero) is 6. The largest absolute Gasteiger partial charge is 0.495 e. The van der Waals surface area contributed by atoms with E-state index >= 15 is 0 Å². The molecule has 666 valence electrons. The molecule has 3 aromatic heterocycles. The van der Waals surface area contributed by atoms with Gasteiger partial charge in [0.25, 0.3) is 21.2 Å². The lowest BCUT2D eigenvalue weighted by atomic mass is 9.95. The molecule has 29 heteroatoms. The average Bonchev–Trinajstić information content (AvgIpc) is 0.779. The second-order valence-corrected chi connectivity index (χ2v) is 31.9. The number of aromatic nitrogens is 3. The van der Waals surface area contributed by atoms with E-state index in [1.807, 2.05) is 78.9 Å². The Bertz CT molecular complexity index is 6390. The molecule has 0 saturated heterocycles. The Morgan fingerprint density at radius 3 is 1.06 bits per heavy atom. The summed E-state index contributed by atoms with van der Waals surface area (Å²) in [5.41, 5.74) is 8.27. The van der Waals surface area contributed by atoms with Crippen LogP contribution in [-0.2, 0) is 76.7 Å². The number of nitrogens with one attached hydrogen (secondary N) is 1. The van der Waals surface area contributed by atoms with Crippen molar-refractivity contribution in [3.8, 4) is 50.6 Å². The van der Waals surface area contributed by atoms with Crippen molar-refractivity contribution in [2.45, 2.75) is 77.5 Å². The molecule has 24 nitrogen and oxygen atoms in total. The number of benzene rings is 9. The molecule has 0 amide bonds. The third-order valence-corrected chi connectivity index (χ3v) is 21.1. The van der Waals surface area contributed by atoms with Crippen molar-refractivity contribution < 1.29 is 84.5 Å². The Hall–Kier alpha value is -13.4. The smallest absolute Gasteiger partial charge is 0.338 e. The number of ether oxygens (including phenoxy) is 5. The second-order valence-electron chi connectivity index (χ2n) is 29.0. The SMILES string of the molecule is C=CCOC(=O)c1ccc(CC(=O)[C@@H](Cc2ccccc2)OS(C)(=O)=O)cc1.C=CCOC(=O)c1ccc(CC(=O)[C@H](Cc2ccccc2)n2cc(OC)c(-c3cc(Cl)ccc3C(C)=O)cc2=O)cc1.COc1c[nH]c(=O)cc1-c1cc(Cl)ccc1C(C)=O.COc1cn([C@@H](Cc2ccccc2)C(=O)Cc2ccc(C(=O)O)cc2)c(=O)cc1-c1cc(Cl)ccc1C(C)=O.I. The fraction of sp³-hybridized carbons (Fsp3) is 0.180. The van der Waals surface area contributed by atoms with Crippen LogP contribution in [0.15, 0.2) is 295 Å². The summed E-state index contributed by atoms with van der Waals surface area (Å²) < 4.78 is 57.4. The van der Waals surface area contributed by atoms with Crippen LogP contribution < -0.4 is 30.9 Å². The number of nitrogens with zero attached hydrogens (tertiary/aromatic N) is 2. The topological polar surface area (TPSA) is 340 Å². The molecule has 3 atom stereocenters. The van der Waals surface area contributed by atoms with E-state index in [2.05, 4.69) is 18.1 Å². The number of carbonyl (C=O) groups excluding carboxylic acids is 8. The summed E-state index contributed by atoms with van der Waals surface area (Å²) >= 11 is 18.4. The highest BCUT2D eigenvalue weighted by molar-refractivity contribution is 14.0. The maximum Gasteiger partial charge on any atom is 0.338 e. The van der Waals surface area contributed by atoms with Crippen LogP contribution >= 0.6 is 58.8 Å². The normalized spacial score (nSPS) is 11.4. The van der Waals surface area contributed by atoms with Gasteiger partial charge >= 0.3 is 17.9 Å². The summed E-state index contributed by atoms with van der Waals surface area (Å²) in [6, 6.07) is 63.8. The van der Waals surface area contributed by atoms with E-state index in [-0.39, 0.29) is 122 Å². The van der Waals surface area contributed by atoms with Crippen LogP contribution in [0.5, 0.6) is 17.2 Å². The Labute approximate surface area is 776 Å². The number of H-pyrrole nitrogens is 1. The van der Waals surface area contributed by atoms with Gasteiger partial charge in [0.15, 0.2) is 34.7 Å². The predicted molar refractivity (Wildman–Crippen MR) is 506 cm³/mol. The van der Waals surface area contributed by atoms with Gasteiger partial charge in [-0.1, -0.05) is 188 Å². The minimum atomic E-state index is -3.80. The number of carboxylic acid groups (broad SMARTS) is 1. The number of hydrogen-bond acceptors (Lipinski definition) is 20. The molecule has 0 fully saturated rings. The summed E-state index contributed by atoms with van der Waals surface area (Å²) in [4.78, 5) is 153. The van der Waals surface area contributed by atoms with Crippen molar-refractivity contribution in [1.82, 2.24) is 14.1 Å². The molecule has 129 heavy (non-hydrogen) atoms. The maximum absolute atomic E-state index is 13.8. The van der Waals surface area contributed by atoms with Gasteiger partial charge in [0.2, 0.25) is 5.56 Å². The molecule has 0 unspecified atom stereocenters. The lowest BCUT2D eigenvalue weighted by Gasteiger charge is -2.22. The van der Waals surface area contributed by atoms with Crippen LogP contribution in [-0.4, -0.2) is 127 Å². The third kappa shape index (κ3) is 29.1. The van der Waals surface area contributed by atoms with Gasteiger partial charge in [-0.05, 0) is 162 Å². The summed E-state index contributed by atoms with van der Waals surface area (Å²) in [7, 11) is 0.605. The van der Waals surface area contributed by atoms with E-state index < -0.39 is 57.3 Å². The van der Waals surface area contributed by atoms with Crippen LogP contribution in [0.2, 0.25) is 15.1 Å². The van der Waals surface area contributed by atoms with E-state index in [4.69, 9.17) is 67.8 Å². The number of halogens is 4. The number of pyridine rings is 3. The molecule has 0 spiro atoms. The standard InChI is InChI=1S/C34H30ClNO6.C31H26ClNO6.C21H22O6S.C14H12ClNO3.HI/c1-4-16-42-34(40)25-12-10-24(11-13-25)18-31(38)30(17-23-8-6-5-7-9-23)36-21-32(41-3)29(20-33(36)39)28-19-26(35)14-15-27(28)22(2)37;1-19(34)24-13-12-23(32)16-25(24)26-17-30(36)33(18-29(26)39-2)27(14-20-6-4-3-5-7-20)28(35)15-21-8-10-22(11-9-21)31(37)38;1-3-13-26-21(23)18-11-9-17(10-12-18)14-19(22)20(27-28(2,24)25)15-16-7-5-4-6-8-16;1-8(17)10-4-3-9(15)5-11(10)12-6-14(18)16-7-13(12)19-2;/h4-15,19-21,30H,1,16-18H2,2-3H3;3-13,16-18,27H,14-15H2,1-2H3,(H,37,38);3-12,20H,1,13-15H2,2H3;3-7H,1-2H3,(H,16,18);1H/t30-;27-;20-;;/m001../s1. The zero-order valence-corrected chi connectivity index (χ0v) is 76.6. The predicted octanol–water partition coefficient (Wildman–Crippen LogP) is 18.2. The fourth-order valence-electron chi connectivity index (χ4n) is 13.6. The zero-order chi connectivity index (χ0) is 92.9. The average molecular weight is 1940 g/mol. The van der Waals surface area contributed by atoms with Crippen LogP contribution in [0.3, 0.4) is 0 Å². The van der Waals surface area contributed by atoms with E-state index in [1.165, 1.54) is 112 Å². The summed E-state index contributed by atoms with van der Waals surface area (Å²) in [6.07, 6.45) is 7.89. The molecule has 2 N–H and O–H groups in total. The minimum Gasteiger partial charge on any atom is -0.495 e. The quantitative estimate of drug-likeness (QED) is 0.0122. The highest BCUT2D eigenvalue weighted by Gasteiger charge is 2.30. The first-order chi connectivity index (χ1) is 61.2. The molecule has 0 aliphatic carbocycles. The van der Waals surface area contributed by atoms with Gasteiger partial charge < -0.3 is 42.9 Å². The number of methoxy groups -OCH3 is 3. The van der Waals surface area contributed by atoms with Gasteiger partial charge in [-0.3, -0.25) is 47.3 Å². The van der Waals surface area contributed by atoms with Crippen LogP contribution in [0.1, 0.15) is 128 Å². The lowest BCUT2D eigenvalue weighted by Crippen LogP contribution is -2.32. The van der Waals surface area contributed by atoms with Gasteiger partial charge in [-0.25, -0.2) is 14.4 Å². The Morgan fingerprint density at radius 1 is 0.419 bits per heavy atom. The van der Waals surface area contributed by atoms with E-state index in [1.54, 1.807) is 127 Å². The number of aromatic carboxylic acids is 1. The van der Waals surface area contributed by atoms with Crippen molar-refractivity contribution in [2.24, 2.45) is 0 Å². The molecule has 0 radical (unpaired) electrons. The Balaban J connectivity index is 0.000000220. The molecular formula is C100H91Cl3IN3O21S. The van der Waals surface area contributed by atoms with Crippen LogP contribution in [0, 0.1) is 0 Å². The minimum absolute atomic E-state index is 0. The Kier molecular flexibility index (Phi) is 38.0. The van der Waals surface area contributed by atoms with E-state index in [9.17, 15) is 66.0 Å². The first-order valence-electron chi connectivity index (χ1n) is 39.6. The van der Waals surface area contributed by atoms with Crippen molar-refractivity contribution in [3.63, 3.8) is 0 Å². The summed E-state index contributed by atoms with van der Waals surface area (Å²) in [6.45, 7) is 11.6. The van der Waals surface area contributed by atoms with E-state index in [0.29, 0.717) is 110 Å². The molecular weight excluding hydrogens is 1840 g/mol. The Morgan fingerprint density at radius 2 is 0.744 bits per heavy atom. The molecule has 0 saturated carbocycles. The number of rotatable bonds is 35. The third-order valence-electron chi connectivity index (χ3n) is 19.8. The van der Waals surface area contributed by atoms with Gasteiger partial charge in [-0.2, -0.15) is 8.42 Å². The van der Waals surface area contributed by atoms with Gasteiger partial charge in [-0.15, -0.1) is 24.0 Å². The summed E-state index contributed by atoms with van der Waals surface area (Å²) in [5.74, 6) is -2.22. The van der Waals surface area contributed by atoms with Crippen molar-refractivity contribution in [2.75, 3.05) is 40.8 Å². The molecule has 12 rings (SSSR count). The first kappa shape index (κ1) is 101. The second kappa shape index (κ2) is 48.5. The zero-order valence-electron chi connectivity index (χ0n) is 71.2. The number of esters is 2. The first-order valence-corrected chi connectivity index (χ1v) is 42.6. The molecule has 9 aromatic carbocycles. The van der Waals surface area contributed by atoms with Crippen molar-refractivity contribution in [3.05, 3.63) is 393 Å². The molecule has 12 aromatic rings. The number of carboxylic acids is 1. The number of aromatic amines is 1. The highest BCUT2D eigenvalue weighted by atomic mass is 127. The maximum atomic E-state index is 13.8. The summed E-state index contributed by atoms with van der Waals surface area (Å²) in [5, 5.41) is 10.4. The van der Waals surface area contributed by atoms with Gasteiger partial charge in [0.1, 0.15) is 36.6 Å². The van der Waals surface area contributed by atoms with Gasteiger partial charge in [0.05, 0.1) is 68.8 Å². The van der Waals surface area contributed by atoms with Crippen LogP contribution in [0.25, 0.3) is 33.4 Å². The highest BCUT2D eigenvalue weighted by Crippen LogP contribution is 2.38.